The summed E-state index contributed by atoms with van der Waals surface area (Å²) in [6.45, 7) is 14.3. The summed E-state index contributed by atoms with van der Waals surface area (Å²) in [5.74, 6) is -4.39. The van der Waals surface area contributed by atoms with Gasteiger partial charge in [-0.3, -0.25) is 28.9 Å². The number of aromatic nitrogens is 1. The van der Waals surface area contributed by atoms with E-state index in [1.165, 1.54) is 4.90 Å². The van der Waals surface area contributed by atoms with E-state index >= 15 is 0 Å². The number of fused-ring (bicyclic) bond motifs is 1. The van der Waals surface area contributed by atoms with Gasteiger partial charge < -0.3 is 40.5 Å². The predicted molar refractivity (Wildman–Crippen MR) is 227 cm³/mol. The highest BCUT2D eigenvalue weighted by molar-refractivity contribution is 9.10. The van der Waals surface area contributed by atoms with Gasteiger partial charge in [-0.05, 0) is 113 Å². The molecule has 17 heteroatoms. The predicted octanol–water partition coefficient (Wildman–Crippen LogP) is 4.95. The first-order valence-electron chi connectivity index (χ1n) is 20.8. The summed E-state index contributed by atoms with van der Waals surface area (Å²) < 4.78 is 16.4. The molecular weight excluding hydrogens is 840 g/mol. The molecule has 2 heterocycles. The van der Waals surface area contributed by atoms with Gasteiger partial charge in [-0.2, -0.15) is 0 Å². The molecule has 332 valence electrons. The zero-order chi connectivity index (χ0) is 44.5. The van der Waals surface area contributed by atoms with Crippen LogP contribution in [0.4, 0.5) is 4.79 Å². The molecule has 60 heavy (non-hydrogen) atoms. The monoisotopic (exact) mass is 902 g/mol. The minimum atomic E-state index is -1.44. The maximum absolute atomic E-state index is 14.4. The second kappa shape index (κ2) is 20.7. The number of H-pyrrole nitrogens is 1. The van der Waals surface area contributed by atoms with E-state index in [1.54, 1.807) is 41.5 Å². The fourth-order valence-electron chi connectivity index (χ4n) is 7.62. The number of hydrogen-bond donors (Lipinski definition) is 5. The molecule has 16 nitrogen and oxygen atoms in total. The van der Waals surface area contributed by atoms with Crippen molar-refractivity contribution in [2.45, 2.75) is 155 Å². The Bertz CT molecular complexity index is 1880. The largest absolute Gasteiger partial charge is 0.469 e. The van der Waals surface area contributed by atoms with Crippen molar-refractivity contribution in [2.75, 3.05) is 13.7 Å². The number of halogens is 1. The molecule has 1 aliphatic heterocycles. The highest BCUT2D eigenvalue weighted by atomic mass is 79.9. The van der Waals surface area contributed by atoms with Gasteiger partial charge in [0, 0.05) is 23.9 Å². The van der Waals surface area contributed by atoms with E-state index in [9.17, 15) is 33.6 Å². The van der Waals surface area contributed by atoms with E-state index in [-0.39, 0.29) is 24.7 Å². The van der Waals surface area contributed by atoms with Crippen molar-refractivity contribution in [1.82, 2.24) is 31.2 Å². The van der Waals surface area contributed by atoms with Gasteiger partial charge in [0.15, 0.2) is 0 Å². The van der Waals surface area contributed by atoms with Crippen molar-refractivity contribution >= 4 is 68.5 Å². The second-order valence-electron chi connectivity index (χ2n) is 18.2. The number of esters is 2. The number of amides is 5. The Balaban J connectivity index is 1.62. The first-order valence-corrected chi connectivity index (χ1v) is 21.6. The Morgan fingerprint density at radius 3 is 2.02 bits per heavy atom. The molecule has 1 saturated carbocycles. The van der Waals surface area contributed by atoms with E-state index in [0.29, 0.717) is 42.4 Å². The van der Waals surface area contributed by atoms with Crippen LogP contribution in [0.5, 0.6) is 0 Å². The molecule has 1 aliphatic carbocycles. The molecular formula is C43H63BrN6O10. The molecule has 5 amide bonds. The van der Waals surface area contributed by atoms with E-state index in [1.807, 2.05) is 38.1 Å². The number of nitrogens with one attached hydrogen (secondary N) is 5. The van der Waals surface area contributed by atoms with Crippen molar-refractivity contribution in [3.05, 3.63) is 34.4 Å². The Morgan fingerprint density at radius 2 is 1.40 bits per heavy atom. The van der Waals surface area contributed by atoms with Crippen LogP contribution in [0.3, 0.4) is 0 Å². The van der Waals surface area contributed by atoms with Crippen molar-refractivity contribution in [2.24, 2.45) is 11.8 Å². The first kappa shape index (κ1) is 48.0. The number of carbonyl (C=O) groups excluding carboxylic acids is 7. The lowest BCUT2D eigenvalue weighted by molar-refractivity contribution is -0.161. The van der Waals surface area contributed by atoms with Crippen LogP contribution in [0, 0.1) is 11.8 Å². The van der Waals surface area contributed by atoms with Crippen LogP contribution >= 0.6 is 15.9 Å². The van der Waals surface area contributed by atoms with Crippen LogP contribution in [0.1, 0.15) is 112 Å². The number of methoxy groups -OCH3 is 1. The fraction of sp³-hybridized carbons (Fsp3) is 0.651. The third-order valence-corrected chi connectivity index (χ3v) is 11.1. The maximum atomic E-state index is 14.4. The Kier molecular flexibility index (Phi) is 16.6. The Labute approximate surface area is 360 Å². The normalized spacial score (nSPS) is 18.0. The van der Waals surface area contributed by atoms with E-state index in [0.717, 1.165) is 30.9 Å². The van der Waals surface area contributed by atoms with Crippen LogP contribution in [-0.2, 0) is 49.4 Å². The quantitative estimate of drug-likeness (QED) is 0.113. The molecule has 0 radical (unpaired) electrons. The molecule has 0 bridgehead atoms. The van der Waals surface area contributed by atoms with Crippen molar-refractivity contribution in [3.8, 4) is 0 Å². The number of likely N-dealkylation sites (tertiary alicyclic amines) is 1. The molecule has 1 aromatic carbocycles. The first-order chi connectivity index (χ1) is 28.1. The fourth-order valence-corrected chi connectivity index (χ4v) is 8.21. The van der Waals surface area contributed by atoms with E-state index < -0.39 is 89.5 Å². The van der Waals surface area contributed by atoms with Crippen molar-refractivity contribution in [1.29, 1.82) is 0 Å². The maximum Gasteiger partial charge on any atom is 0.410 e. The van der Waals surface area contributed by atoms with Gasteiger partial charge in [-0.15, -0.1) is 0 Å². The van der Waals surface area contributed by atoms with Gasteiger partial charge >= 0.3 is 18.0 Å². The van der Waals surface area contributed by atoms with Gasteiger partial charge in [0.1, 0.15) is 41.4 Å². The molecule has 2 aromatic rings. The molecule has 0 spiro atoms. The minimum Gasteiger partial charge on any atom is -0.469 e. The third-order valence-electron chi connectivity index (χ3n) is 10.4. The highest BCUT2D eigenvalue weighted by Gasteiger charge is 2.41. The van der Waals surface area contributed by atoms with Crippen LogP contribution in [0.15, 0.2) is 28.9 Å². The van der Waals surface area contributed by atoms with Crippen LogP contribution < -0.4 is 21.3 Å². The summed E-state index contributed by atoms with van der Waals surface area (Å²) in [6.07, 6.45) is 3.13. The average Bonchev–Trinajstić information content (AvgIpc) is 3.92. The lowest BCUT2D eigenvalue weighted by Gasteiger charge is -2.31. The van der Waals surface area contributed by atoms with E-state index in [2.05, 4.69) is 42.2 Å². The number of carbonyl (C=O) groups is 7. The number of hydrogen-bond acceptors (Lipinski definition) is 10. The number of benzene rings is 1. The van der Waals surface area contributed by atoms with Gasteiger partial charge in [0.2, 0.25) is 23.6 Å². The van der Waals surface area contributed by atoms with Crippen molar-refractivity contribution < 1.29 is 47.8 Å². The lowest BCUT2D eigenvalue weighted by Crippen LogP contribution is -2.60. The number of rotatable bonds is 16. The van der Waals surface area contributed by atoms with Crippen molar-refractivity contribution in [3.63, 3.8) is 0 Å². The zero-order valence-corrected chi connectivity index (χ0v) is 37.9. The smallest absolute Gasteiger partial charge is 0.410 e. The minimum absolute atomic E-state index is 0.0555. The summed E-state index contributed by atoms with van der Waals surface area (Å²) in [7, 11) is 1.16. The van der Waals surface area contributed by atoms with Gasteiger partial charge in [-0.1, -0.05) is 44.9 Å². The number of nitrogens with zero attached hydrogens (tertiary/aromatic N) is 1. The zero-order valence-electron chi connectivity index (χ0n) is 36.3. The standard InChI is InChI=1S/C43H63BrN6O10/c1-24(2)21-29(47-39(55)34(25-15-10-11-16-25)49-38(54)32-19-14-20-50(32)41(57)60-43(6,7)8)36(52)46-30(22-27-26-17-12-13-18-28(26)45-35(27)44)37(53)48-31(23-33(51)58-9)40(56)59-42(3,4)5/h12-13,17-18,24-25,29-32,34,45H,10-11,14-16,19-23H2,1-9H3,(H,46,52)(H,47,55)(H,48,53)(H,49,54)/t29-,30+,31+,32-,34+/m0/s1. The number of ether oxygens (including phenoxy) is 3. The summed E-state index contributed by atoms with van der Waals surface area (Å²) in [6, 6.07) is 1.71. The van der Waals surface area contributed by atoms with E-state index in [4.69, 9.17) is 14.2 Å². The SMILES string of the molecule is COC(=O)C[C@@H](NC(=O)[C@@H](Cc1c(Br)[nH]c2ccccc12)NC(=O)[C@H](CC(C)C)NC(=O)[C@H](NC(=O)[C@@H]1CCCN1C(=O)OC(C)(C)C)C1CCCC1)C(=O)OC(C)(C)C. The summed E-state index contributed by atoms with van der Waals surface area (Å²) in [4.78, 5) is 100. The topological polar surface area (TPSA) is 214 Å². The summed E-state index contributed by atoms with van der Waals surface area (Å²) in [5, 5.41) is 12.1. The molecule has 2 fully saturated rings. The Morgan fingerprint density at radius 1 is 0.800 bits per heavy atom. The van der Waals surface area contributed by atoms with Crippen LogP contribution in [0.25, 0.3) is 10.9 Å². The summed E-state index contributed by atoms with van der Waals surface area (Å²) in [5.41, 5.74) is -0.258. The van der Waals surface area contributed by atoms with Gasteiger partial charge in [0.05, 0.1) is 18.1 Å². The second-order valence-corrected chi connectivity index (χ2v) is 18.9. The molecule has 1 saturated heterocycles. The molecule has 4 rings (SSSR count). The number of para-hydroxylation sites is 1. The average molecular weight is 904 g/mol. The van der Waals surface area contributed by atoms with Crippen LogP contribution in [0.2, 0.25) is 0 Å². The summed E-state index contributed by atoms with van der Waals surface area (Å²) >= 11 is 3.56. The lowest BCUT2D eigenvalue weighted by atomic mass is 9.95. The highest BCUT2D eigenvalue weighted by Crippen LogP contribution is 2.30. The molecule has 1 aromatic heterocycles. The molecule has 0 unspecified atom stereocenters. The molecule has 5 atom stereocenters. The van der Waals surface area contributed by atoms with Gasteiger partial charge in [0.25, 0.3) is 0 Å². The third kappa shape index (κ3) is 13.7. The molecule has 2 aliphatic rings. The number of aromatic amines is 1. The molecule has 5 N–H and O–H groups in total. The van der Waals surface area contributed by atoms with Gasteiger partial charge in [-0.25, -0.2) is 9.59 Å². The Hall–Kier alpha value is -4.67. The van der Waals surface area contributed by atoms with Crippen LogP contribution in [-0.4, -0.2) is 107 Å².